The molecule has 0 aromatic heterocycles. The van der Waals surface area contributed by atoms with Crippen molar-refractivity contribution in [1.29, 1.82) is 0 Å². The summed E-state index contributed by atoms with van der Waals surface area (Å²) in [4.78, 5) is 0. The fraction of sp³-hybridized carbons (Fsp3) is 0.600. The molecule has 1 N–H and O–H groups in total. The summed E-state index contributed by atoms with van der Waals surface area (Å²) in [6.45, 7) is 15.7. The Hall–Kier alpha value is -0.780. The number of halogens is 1. The Morgan fingerprint density at radius 1 is 1.21 bits per heavy atom. The van der Waals surface area contributed by atoms with E-state index in [9.17, 15) is 5.11 Å². The number of allylic oxidation sites excluding steroid dienone is 4. The fourth-order valence-corrected chi connectivity index (χ4v) is 4.74. The maximum Gasteiger partial charge on any atom is 0.138 e. The van der Waals surface area contributed by atoms with Crippen LogP contribution in [0.3, 0.4) is 0 Å². The topological polar surface area (TPSA) is 20.2 Å². The van der Waals surface area contributed by atoms with Crippen LogP contribution in [0, 0.1) is 24.2 Å². The van der Waals surface area contributed by atoms with E-state index < -0.39 is 0 Å². The van der Waals surface area contributed by atoms with Gasteiger partial charge in [-0.25, -0.2) is 0 Å². The summed E-state index contributed by atoms with van der Waals surface area (Å²) in [5, 5.41) is 11.3. The van der Waals surface area contributed by atoms with Gasteiger partial charge in [-0.2, -0.15) is 0 Å². The molecule has 1 aliphatic carbocycles. The van der Waals surface area contributed by atoms with Crippen molar-refractivity contribution in [2.45, 2.75) is 79.8 Å². The monoisotopic (exact) mass is 420 g/mol. The number of benzene rings is 1. The van der Waals surface area contributed by atoms with Gasteiger partial charge in [0.1, 0.15) is 5.75 Å². The van der Waals surface area contributed by atoms with E-state index in [4.69, 9.17) is 11.6 Å². The van der Waals surface area contributed by atoms with Crippen LogP contribution in [0.2, 0.25) is 5.02 Å². The number of phenols is 1. The summed E-state index contributed by atoms with van der Waals surface area (Å²) in [5.74, 6) is 2.04. The summed E-state index contributed by atoms with van der Waals surface area (Å²) in [6.07, 6.45) is 10.9. The SMILES string of the molecule is CC(/C=C/C(C)(C(C)C)C(C)C)=C\Cc1c(O)c(Cl)c(C)c(CP)c1C1CC1. The van der Waals surface area contributed by atoms with Crippen LogP contribution < -0.4 is 0 Å². The van der Waals surface area contributed by atoms with Gasteiger partial charge in [0.05, 0.1) is 5.02 Å². The maximum atomic E-state index is 10.8. The molecule has 3 heteroatoms. The highest BCUT2D eigenvalue weighted by atomic mass is 35.5. The van der Waals surface area contributed by atoms with Gasteiger partial charge in [-0.1, -0.05) is 70.0 Å². The average Bonchev–Trinajstić information content (AvgIpc) is 3.47. The number of phenolic OH excluding ortho intramolecular Hbond substituents is 1. The fourth-order valence-electron chi connectivity index (χ4n) is 3.98. The first-order chi connectivity index (χ1) is 13.0. The standard InChI is InChI=1S/C25H38ClOP/c1-15(2)25(7,16(3)4)13-12-17(5)8-11-20-22(19-9-10-19)21(14-28)18(6)23(26)24(20)27/h8,12-13,15-16,19,27H,9-11,14,28H2,1-7H3/b13-12+,17-8+. The lowest BCUT2D eigenvalue weighted by atomic mass is 9.70. The first-order valence-corrected chi connectivity index (χ1v) is 11.8. The third-order valence-corrected chi connectivity index (χ3v) is 7.81. The molecule has 0 spiro atoms. The van der Waals surface area contributed by atoms with E-state index in [0.29, 0.717) is 22.8 Å². The number of rotatable bonds is 8. The van der Waals surface area contributed by atoms with Crippen LogP contribution in [0.1, 0.15) is 82.6 Å². The van der Waals surface area contributed by atoms with Crippen molar-refractivity contribution in [1.82, 2.24) is 0 Å². The molecule has 1 saturated carbocycles. The van der Waals surface area contributed by atoms with Crippen molar-refractivity contribution >= 4 is 20.8 Å². The molecule has 0 radical (unpaired) electrons. The molecule has 1 fully saturated rings. The molecule has 0 bridgehead atoms. The molecule has 0 amide bonds. The van der Waals surface area contributed by atoms with E-state index in [1.54, 1.807) is 0 Å². The second kappa shape index (κ2) is 9.36. The van der Waals surface area contributed by atoms with E-state index in [1.165, 1.54) is 29.5 Å². The number of hydrogen-bond acceptors (Lipinski definition) is 1. The Bertz CT molecular complexity index is 761. The van der Waals surface area contributed by atoms with E-state index in [0.717, 1.165) is 23.7 Å². The second-order valence-electron chi connectivity index (χ2n) is 9.30. The van der Waals surface area contributed by atoms with Gasteiger partial charge in [0.2, 0.25) is 0 Å². The van der Waals surface area contributed by atoms with Crippen LogP contribution in [-0.4, -0.2) is 5.11 Å². The largest absolute Gasteiger partial charge is 0.506 e. The van der Waals surface area contributed by atoms with Gasteiger partial charge in [0, 0.05) is 5.56 Å². The Morgan fingerprint density at radius 3 is 2.25 bits per heavy atom. The quantitative estimate of drug-likeness (QED) is 0.334. The minimum absolute atomic E-state index is 0.177. The summed E-state index contributed by atoms with van der Waals surface area (Å²) in [6, 6.07) is 0. The van der Waals surface area contributed by atoms with Crippen LogP contribution in [0.5, 0.6) is 5.75 Å². The van der Waals surface area contributed by atoms with Crippen molar-refractivity contribution < 1.29 is 5.11 Å². The van der Waals surface area contributed by atoms with E-state index in [1.807, 2.05) is 6.92 Å². The molecule has 156 valence electrons. The highest BCUT2D eigenvalue weighted by Gasteiger charge is 2.32. The summed E-state index contributed by atoms with van der Waals surface area (Å²) in [7, 11) is 2.83. The minimum atomic E-state index is 0.177. The first-order valence-electron chi connectivity index (χ1n) is 10.6. The van der Waals surface area contributed by atoms with Crippen LogP contribution in [0.15, 0.2) is 23.8 Å². The first kappa shape index (κ1) is 23.5. The third-order valence-electron chi connectivity index (χ3n) is 6.94. The van der Waals surface area contributed by atoms with Gasteiger partial charge in [-0.3, -0.25) is 0 Å². The van der Waals surface area contributed by atoms with Crippen LogP contribution in [0.4, 0.5) is 0 Å². The molecule has 2 rings (SSSR count). The van der Waals surface area contributed by atoms with Gasteiger partial charge < -0.3 is 5.11 Å². The van der Waals surface area contributed by atoms with E-state index in [-0.39, 0.29) is 11.2 Å². The molecule has 28 heavy (non-hydrogen) atoms. The molecule has 0 aliphatic heterocycles. The van der Waals surface area contributed by atoms with Crippen molar-refractivity contribution in [3.05, 3.63) is 51.1 Å². The van der Waals surface area contributed by atoms with E-state index in [2.05, 4.69) is 69.0 Å². The third kappa shape index (κ3) is 4.85. The molecular weight excluding hydrogens is 383 g/mol. The van der Waals surface area contributed by atoms with Crippen LogP contribution >= 0.6 is 20.8 Å². The average molecular weight is 421 g/mol. The molecule has 0 saturated heterocycles. The highest BCUT2D eigenvalue weighted by Crippen LogP contribution is 2.49. The number of aromatic hydroxyl groups is 1. The molecule has 1 aliphatic rings. The predicted octanol–water partition coefficient (Wildman–Crippen LogP) is 7.97. The Balaban J connectivity index is 2.35. The molecular formula is C25H38ClOP. The van der Waals surface area contributed by atoms with Crippen molar-refractivity contribution in [2.75, 3.05) is 0 Å². The zero-order valence-electron chi connectivity index (χ0n) is 18.7. The molecule has 1 nitrogen and oxygen atoms in total. The molecule has 1 unspecified atom stereocenters. The molecule has 1 atom stereocenters. The predicted molar refractivity (Wildman–Crippen MR) is 128 cm³/mol. The summed E-state index contributed by atoms with van der Waals surface area (Å²) in [5.41, 5.74) is 6.12. The molecule has 1 aromatic rings. The van der Waals surface area contributed by atoms with Gasteiger partial charge in [0.15, 0.2) is 0 Å². The zero-order chi connectivity index (χ0) is 21.2. The lowest BCUT2D eigenvalue weighted by molar-refractivity contribution is 0.207. The van der Waals surface area contributed by atoms with Crippen molar-refractivity contribution in [3.63, 3.8) is 0 Å². The molecule has 0 heterocycles. The van der Waals surface area contributed by atoms with Gasteiger partial charge in [-0.15, -0.1) is 9.24 Å². The van der Waals surface area contributed by atoms with Crippen molar-refractivity contribution in [3.8, 4) is 5.75 Å². The van der Waals surface area contributed by atoms with Crippen LogP contribution in [0.25, 0.3) is 0 Å². The number of hydrogen-bond donors (Lipinski definition) is 1. The maximum absolute atomic E-state index is 10.8. The van der Waals surface area contributed by atoms with Gasteiger partial charge >= 0.3 is 0 Å². The zero-order valence-corrected chi connectivity index (χ0v) is 20.6. The highest BCUT2D eigenvalue weighted by molar-refractivity contribution is 7.15. The lowest BCUT2D eigenvalue weighted by Crippen LogP contribution is -2.27. The van der Waals surface area contributed by atoms with Crippen LogP contribution in [-0.2, 0) is 12.6 Å². The lowest BCUT2D eigenvalue weighted by Gasteiger charge is -2.35. The van der Waals surface area contributed by atoms with E-state index >= 15 is 0 Å². The minimum Gasteiger partial charge on any atom is -0.506 e. The van der Waals surface area contributed by atoms with Crippen molar-refractivity contribution in [2.24, 2.45) is 17.3 Å². The smallest absolute Gasteiger partial charge is 0.138 e. The van der Waals surface area contributed by atoms with Gasteiger partial charge in [0.25, 0.3) is 0 Å². The second-order valence-corrected chi connectivity index (χ2v) is 10.1. The van der Waals surface area contributed by atoms with Gasteiger partial charge in [-0.05, 0) is 79.1 Å². The normalized spacial score (nSPS) is 16.0. The molecule has 1 aromatic carbocycles. The Morgan fingerprint density at radius 2 is 1.79 bits per heavy atom. The summed E-state index contributed by atoms with van der Waals surface area (Å²) >= 11 is 6.48. The Labute approximate surface area is 179 Å². The summed E-state index contributed by atoms with van der Waals surface area (Å²) < 4.78 is 0. The Kier molecular flexibility index (Phi) is 7.85.